The molecule has 0 saturated heterocycles. The molecule has 0 fully saturated rings. The fourth-order valence-electron chi connectivity index (χ4n) is 3.45. The van der Waals surface area contributed by atoms with Crippen molar-refractivity contribution in [2.75, 3.05) is 13.9 Å². The quantitative estimate of drug-likeness (QED) is 0.544. The minimum absolute atomic E-state index is 0.0910. The number of ether oxygens (including phenoxy) is 2. The standard InChI is InChI=1S/C24H27NO3/c1-4-8-18-13-14-20(28-16-27-3)15-23(18)24(26)25-17(2)21-12-7-10-19-9-5-6-11-22(19)21/h5-7,9-15,17H,4,8,16H2,1-3H3,(H,25,26)/t17-/m1/s1. The number of rotatable bonds is 8. The molecule has 0 aromatic heterocycles. The number of nitrogens with one attached hydrogen (secondary N) is 1. The van der Waals surface area contributed by atoms with Gasteiger partial charge < -0.3 is 14.8 Å². The first kappa shape index (κ1) is 19.9. The number of hydrogen-bond donors (Lipinski definition) is 1. The SMILES string of the molecule is CCCc1ccc(OCOC)cc1C(=O)N[C@H](C)c1cccc2ccccc12. The molecule has 28 heavy (non-hydrogen) atoms. The summed E-state index contributed by atoms with van der Waals surface area (Å²) in [5.41, 5.74) is 2.78. The number of hydrogen-bond acceptors (Lipinski definition) is 3. The summed E-state index contributed by atoms with van der Waals surface area (Å²) in [6, 6.07) is 19.9. The Hall–Kier alpha value is -2.85. The van der Waals surface area contributed by atoms with E-state index in [2.05, 4.69) is 36.5 Å². The molecule has 1 amide bonds. The zero-order valence-corrected chi connectivity index (χ0v) is 16.7. The largest absolute Gasteiger partial charge is 0.468 e. The lowest BCUT2D eigenvalue weighted by atomic mass is 9.98. The van der Waals surface area contributed by atoms with Gasteiger partial charge in [0.2, 0.25) is 0 Å². The van der Waals surface area contributed by atoms with Crippen LogP contribution in [0.25, 0.3) is 10.8 Å². The molecule has 0 aliphatic rings. The van der Waals surface area contributed by atoms with Crippen LogP contribution in [0.3, 0.4) is 0 Å². The molecule has 0 radical (unpaired) electrons. The van der Waals surface area contributed by atoms with Crippen LogP contribution >= 0.6 is 0 Å². The topological polar surface area (TPSA) is 47.6 Å². The third-order valence-electron chi connectivity index (χ3n) is 4.83. The van der Waals surface area contributed by atoms with E-state index in [0.717, 1.165) is 29.4 Å². The van der Waals surface area contributed by atoms with Crippen molar-refractivity contribution < 1.29 is 14.3 Å². The molecule has 146 valence electrons. The zero-order chi connectivity index (χ0) is 19.9. The van der Waals surface area contributed by atoms with Crippen molar-refractivity contribution in [3.05, 3.63) is 77.4 Å². The normalized spacial score (nSPS) is 12.0. The van der Waals surface area contributed by atoms with Gasteiger partial charge in [0, 0.05) is 12.7 Å². The Labute approximate surface area is 166 Å². The van der Waals surface area contributed by atoms with Crippen molar-refractivity contribution in [3.8, 4) is 5.75 Å². The van der Waals surface area contributed by atoms with E-state index < -0.39 is 0 Å². The van der Waals surface area contributed by atoms with Gasteiger partial charge in [-0.05, 0) is 47.4 Å². The van der Waals surface area contributed by atoms with Crippen molar-refractivity contribution in [1.82, 2.24) is 5.32 Å². The Bertz CT molecular complexity index is 946. The van der Waals surface area contributed by atoms with Gasteiger partial charge >= 0.3 is 0 Å². The zero-order valence-electron chi connectivity index (χ0n) is 16.7. The highest BCUT2D eigenvalue weighted by atomic mass is 16.7. The van der Waals surface area contributed by atoms with Gasteiger partial charge in [0.05, 0.1) is 6.04 Å². The monoisotopic (exact) mass is 377 g/mol. The van der Waals surface area contributed by atoms with Crippen LogP contribution < -0.4 is 10.1 Å². The maximum Gasteiger partial charge on any atom is 0.252 e. The minimum atomic E-state index is -0.114. The average molecular weight is 377 g/mol. The second-order valence-electron chi connectivity index (χ2n) is 6.88. The van der Waals surface area contributed by atoms with E-state index in [4.69, 9.17) is 9.47 Å². The van der Waals surface area contributed by atoms with Crippen molar-refractivity contribution in [1.29, 1.82) is 0 Å². The van der Waals surface area contributed by atoms with Crippen molar-refractivity contribution in [2.45, 2.75) is 32.7 Å². The molecule has 0 spiro atoms. The molecule has 1 atom stereocenters. The molecule has 0 bridgehead atoms. The van der Waals surface area contributed by atoms with Crippen molar-refractivity contribution in [2.24, 2.45) is 0 Å². The van der Waals surface area contributed by atoms with E-state index in [1.54, 1.807) is 13.2 Å². The van der Waals surface area contributed by atoms with E-state index in [1.165, 1.54) is 5.39 Å². The summed E-state index contributed by atoms with van der Waals surface area (Å²) in [6.45, 7) is 4.28. The molecule has 0 unspecified atom stereocenters. The van der Waals surface area contributed by atoms with Crippen molar-refractivity contribution in [3.63, 3.8) is 0 Å². The molecule has 0 aliphatic heterocycles. The minimum Gasteiger partial charge on any atom is -0.468 e. The number of methoxy groups -OCH3 is 1. The van der Waals surface area contributed by atoms with Gasteiger partial charge in [-0.1, -0.05) is 61.9 Å². The number of amides is 1. The van der Waals surface area contributed by atoms with Gasteiger partial charge in [-0.3, -0.25) is 4.79 Å². The molecule has 0 saturated carbocycles. The second kappa shape index (κ2) is 9.38. The van der Waals surface area contributed by atoms with Gasteiger partial charge in [-0.2, -0.15) is 0 Å². The lowest BCUT2D eigenvalue weighted by Crippen LogP contribution is -2.27. The molecular formula is C24H27NO3. The summed E-state index contributed by atoms with van der Waals surface area (Å²) in [6.07, 6.45) is 1.81. The Morgan fingerprint density at radius 2 is 1.86 bits per heavy atom. The fraction of sp³-hybridized carbons (Fsp3) is 0.292. The van der Waals surface area contributed by atoms with Gasteiger partial charge in [0.25, 0.3) is 5.91 Å². The van der Waals surface area contributed by atoms with Gasteiger partial charge in [0.1, 0.15) is 5.75 Å². The van der Waals surface area contributed by atoms with Crippen LogP contribution in [-0.2, 0) is 11.2 Å². The van der Waals surface area contributed by atoms with E-state index >= 15 is 0 Å². The summed E-state index contributed by atoms with van der Waals surface area (Å²) in [4.78, 5) is 13.1. The number of carbonyl (C=O) groups is 1. The number of carbonyl (C=O) groups excluding carboxylic acids is 1. The van der Waals surface area contributed by atoms with Crippen LogP contribution in [0.1, 0.15) is 47.8 Å². The van der Waals surface area contributed by atoms with Gasteiger partial charge in [-0.15, -0.1) is 0 Å². The number of benzene rings is 3. The van der Waals surface area contributed by atoms with Crippen LogP contribution in [0, 0.1) is 0 Å². The van der Waals surface area contributed by atoms with Gasteiger partial charge in [0.15, 0.2) is 6.79 Å². The maximum atomic E-state index is 13.1. The highest BCUT2D eigenvalue weighted by molar-refractivity contribution is 5.97. The van der Waals surface area contributed by atoms with Crippen LogP contribution in [0.15, 0.2) is 60.7 Å². The Morgan fingerprint density at radius 3 is 2.64 bits per heavy atom. The summed E-state index contributed by atoms with van der Waals surface area (Å²) in [7, 11) is 1.57. The molecule has 4 heteroatoms. The molecule has 0 heterocycles. The lowest BCUT2D eigenvalue weighted by molar-refractivity contribution is 0.0510. The first-order valence-corrected chi connectivity index (χ1v) is 9.67. The number of aryl methyl sites for hydroxylation is 1. The predicted octanol–water partition coefficient (Wildman–Crippen LogP) is 5.27. The molecule has 3 aromatic rings. The molecule has 0 aliphatic carbocycles. The lowest BCUT2D eigenvalue weighted by Gasteiger charge is -2.18. The smallest absolute Gasteiger partial charge is 0.252 e. The van der Waals surface area contributed by atoms with E-state index in [9.17, 15) is 4.79 Å². The number of fused-ring (bicyclic) bond motifs is 1. The first-order valence-electron chi connectivity index (χ1n) is 9.67. The highest BCUT2D eigenvalue weighted by Gasteiger charge is 2.17. The molecule has 1 N–H and O–H groups in total. The molecule has 3 aromatic carbocycles. The Kier molecular flexibility index (Phi) is 6.66. The van der Waals surface area contributed by atoms with Crippen LogP contribution in [0.5, 0.6) is 5.75 Å². The predicted molar refractivity (Wildman–Crippen MR) is 113 cm³/mol. The third kappa shape index (κ3) is 4.52. The van der Waals surface area contributed by atoms with Crippen LogP contribution in [-0.4, -0.2) is 19.8 Å². The summed E-state index contributed by atoms with van der Waals surface area (Å²) < 4.78 is 10.5. The summed E-state index contributed by atoms with van der Waals surface area (Å²) >= 11 is 0. The summed E-state index contributed by atoms with van der Waals surface area (Å²) in [5.74, 6) is 0.538. The second-order valence-corrected chi connectivity index (χ2v) is 6.88. The third-order valence-corrected chi connectivity index (χ3v) is 4.83. The van der Waals surface area contributed by atoms with E-state index in [1.807, 2.05) is 37.3 Å². The van der Waals surface area contributed by atoms with E-state index in [-0.39, 0.29) is 18.7 Å². The molecular weight excluding hydrogens is 350 g/mol. The first-order chi connectivity index (χ1) is 13.6. The van der Waals surface area contributed by atoms with Crippen LogP contribution in [0.4, 0.5) is 0 Å². The molecule has 3 rings (SSSR count). The average Bonchev–Trinajstić information content (AvgIpc) is 2.72. The molecule has 4 nitrogen and oxygen atoms in total. The highest BCUT2D eigenvalue weighted by Crippen LogP contribution is 2.25. The van der Waals surface area contributed by atoms with Crippen LogP contribution in [0.2, 0.25) is 0 Å². The Balaban J connectivity index is 1.86. The van der Waals surface area contributed by atoms with Crippen molar-refractivity contribution >= 4 is 16.7 Å². The fourth-order valence-corrected chi connectivity index (χ4v) is 3.45. The van der Waals surface area contributed by atoms with E-state index in [0.29, 0.717) is 11.3 Å². The van der Waals surface area contributed by atoms with Gasteiger partial charge in [-0.25, -0.2) is 0 Å². The maximum absolute atomic E-state index is 13.1. The summed E-state index contributed by atoms with van der Waals surface area (Å²) in [5, 5.41) is 5.49. The Morgan fingerprint density at radius 1 is 1.07 bits per heavy atom.